The molecule has 2 amide bonds. The van der Waals surface area contributed by atoms with Gasteiger partial charge in [0.15, 0.2) is 12.1 Å². The number of nitrogens with zero attached hydrogens (tertiary/aromatic N) is 2. The van der Waals surface area contributed by atoms with Crippen LogP contribution in [0.2, 0.25) is 5.02 Å². The number of hydrogen-bond donors (Lipinski definition) is 2. The summed E-state index contributed by atoms with van der Waals surface area (Å²) in [5.74, 6) is -2.58. The maximum atomic E-state index is 14.0. The highest BCUT2D eigenvalue weighted by Gasteiger charge is 2.61. The van der Waals surface area contributed by atoms with Crippen LogP contribution in [-0.4, -0.2) is 68.5 Å². The average Bonchev–Trinajstić information content (AvgIpc) is 3.10. The number of esters is 2. The van der Waals surface area contributed by atoms with Crippen LogP contribution in [-0.2, 0) is 39.8 Å². The van der Waals surface area contributed by atoms with Crippen LogP contribution in [0.15, 0.2) is 102 Å². The molecule has 1 fully saturated rings. The third-order valence-corrected chi connectivity index (χ3v) is 10.1. The Kier molecular flexibility index (Phi) is 10.5. The third-order valence-electron chi connectivity index (χ3n) is 8.19. The molecule has 1 unspecified atom stereocenters. The molecular weight excluding hydrogens is 668 g/mol. The predicted octanol–water partition coefficient (Wildman–Crippen LogP) is 4.65. The highest BCUT2D eigenvalue weighted by molar-refractivity contribution is 7.92. The van der Waals surface area contributed by atoms with E-state index in [0.717, 1.165) is 21.5 Å². The molecule has 49 heavy (non-hydrogen) atoms. The van der Waals surface area contributed by atoms with Crippen molar-refractivity contribution in [3.8, 4) is 0 Å². The van der Waals surface area contributed by atoms with E-state index in [-0.39, 0.29) is 30.1 Å². The van der Waals surface area contributed by atoms with E-state index < -0.39 is 52.4 Å². The maximum absolute atomic E-state index is 14.0. The van der Waals surface area contributed by atoms with Crippen LogP contribution < -0.4 is 10.6 Å². The van der Waals surface area contributed by atoms with Gasteiger partial charge in [0.2, 0.25) is 11.3 Å². The Morgan fingerprint density at radius 2 is 1.73 bits per heavy atom. The molecule has 2 aliphatic heterocycles. The molecule has 3 heterocycles. The number of aromatic nitrogens is 1. The molecule has 0 bridgehead atoms. The zero-order valence-corrected chi connectivity index (χ0v) is 28.0. The summed E-state index contributed by atoms with van der Waals surface area (Å²) < 4.78 is 24.7. The fourth-order valence-corrected chi connectivity index (χ4v) is 7.71. The van der Waals surface area contributed by atoms with Gasteiger partial charge >= 0.3 is 11.9 Å². The Bertz CT molecular complexity index is 1870. The average molecular weight is 701 g/mol. The SMILES string of the molecule is CC(=O)OCC1=C(C(=O)OC(c2ccccc2)c2ccccc2)N2C(=O)[C@@H](NC(=O)CCCNc3ccnc4cc(Cl)ccc34)[C@H]2[S+]([O-])C1. The van der Waals surface area contributed by atoms with Crippen LogP contribution in [0.5, 0.6) is 0 Å². The lowest BCUT2D eigenvalue weighted by molar-refractivity contribution is -0.155. The van der Waals surface area contributed by atoms with Crippen molar-refractivity contribution in [2.24, 2.45) is 0 Å². The lowest BCUT2D eigenvalue weighted by Gasteiger charge is -2.49. The van der Waals surface area contributed by atoms with Crippen LogP contribution >= 0.6 is 11.6 Å². The van der Waals surface area contributed by atoms with Crippen LogP contribution in [0.1, 0.15) is 37.0 Å². The molecule has 1 saturated heterocycles. The number of amides is 2. The van der Waals surface area contributed by atoms with Gasteiger partial charge in [0.25, 0.3) is 5.91 Å². The quantitative estimate of drug-likeness (QED) is 0.0932. The molecule has 2 N–H and O–H groups in total. The molecule has 3 atom stereocenters. The van der Waals surface area contributed by atoms with E-state index in [1.807, 2.05) is 72.8 Å². The van der Waals surface area contributed by atoms with Crippen molar-refractivity contribution in [2.45, 2.75) is 37.3 Å². The van der Waals surface area contributed by atoms with Crippen molar-refractivity contribution in [2.75, 3.05) is 24.2 Å². The van der Waals surface area contributed by atoms with Gasteiger partial charge in [0.1, 0.15) is 18.1 Å². The molecule has 0 spiro atoms. The van der Waals surface area contributed by atoms with Crippen LogP contribution in [0.4, 0.5) is 5.69 Å². The zero-order valence-electron chi connectivity index (χ0n) is 26.5. The Morgan fingerprint density at radius 1 is 1.04 bits per heavy atom. The molecule has 6 rings (SSSR count). The molecule has 1 aromatic heterocycles. The highest BCUT2D eigenvalue weighted by Crippen LogP contribution is 2.39. The summed E-state index contributed by atoms with van der Waals surface area (Å²) in [5, 5.41) is 6.51. The standard InChI is InChI=1S/C36H33ClN4O7S/c1-22(42)47-20-25-21-49(46)35-31(40-30(43)13-8-17-38-28-16-18-39-29-19-26(37)14-15-27(28)29)34(44)41(35)32(25)36(45)48-33(23-9-4-2-5-10-23)24-11-6-3-7-12-24/h2-7,9-12,14-16,18-19,31,33,35H,8,13,17,20-21H2,1H3,(H,38,39)(H,40,43)/t31-,35-,49?/m1/s1. The van der Waals surface area contributed by atoms with Gasteiger partial charge in [-0.05, 0) is 53.0 Å². The van der Waals surface area contributed by atoms with Crippen LogP contribution in [0, 0.1) is 0 Å². The molecule has 13 heteroatoms. The van der Waals surface area contributed by atoms with Gasteiger partial charge in [-0.15, -0.1) is 0 Å². The molecule has 252 valence electrons. The van der Waals surface area contributed by atoms with Crippen molar-refractivity contribution >= 4 is 63.1 Å². The van der Waals surface area contributed by atoms with Gasteiger partial charge in [-0.25, -0.2) is 4.79 Å². The van der Waals surface area contributed by atoms with Crippen molar-refractivity contribution in [3.05, 3.63) is 119 Å². The second kappa shape index (κ2) is 15.1. The first-order valence-corrected chi connectivity index (χ1v) is 17.4. The molecule has 2 aliphatic rings. The van der Waals surface area contributed by atoms with Crippen molar-refractivity contribution in [1.82, 2.24) is 15.2 Å². The predicted molar refractivity (Wildman–Crippen MR) is 185 cm³/mol. The summed E-state index contributed by atoms with van der Waals surface area (Å²) in [6.07, 6.45) is 1.41. The summed E-state index contributed by atoms with van der Waals surface area (Å²) in [4.78, 5) is 57.6. The first kappa shape index (κ1) is 34.0. The largest absolute Gasteiger partial charge is 0.614 e. The maximum Gasteiger partial charge on any atom is 0.356 e. The number of benzene rings is 3. The lowest BCUT2D eigenvalue weighted by atomic mass is 10.0. The van der Waals surface area contributed by atoms with Gasteiger partial charge in [0, 0.05) is 47.8 Å². The summed E-state index contributed by atoms with van der Waals surface area (Å²) in [5.41, 5.74) is 3.07. The fourth-order valence-electron chi connectivity index (χ4n) is 5.88. The minimum absolute atomic E-state index is 0.100. The number of hydrogen-bond acceptors (Lipinski definition) is 9. The molecule has 11 nitrogen and oxygen atoms in total. The number of halogens is 1. The summed E-state index contributed by atoms with van der Waals surface area (Å²) >= 11 is 4.38. The van der Waals surface area contributed by atoms with Gasteiger partial charge in [-0.1, -0.05) is 72.3 Å². The van der Waals surface area contributed by atoms with E-state index in [0.29, 0.717) is 29.1 Å². The minimum atomic E-state index is -1.70. The number of carbonyl (C=O) groups is 4. The summed E-state index contributed by atoms with van der Waals surface area (Å²) in [7, 11) is 0. The number of carbonyl (C=O) groups excluding carboxylic acids is 4. The number of nitrogens with one attached hydrogen (secondary N) is 2. The fraction of sp³-hybridized carbons (Fsp3) is 0.250. The van der Waals surface area contributed by atoms with E-state index >= 15 is 0 Å². The molecular formula is C36H33ClN4O7S. The van der Waals surface area contributed by atoms with Gasteiger partial charge < -0.3 is 24.7 Å². The highest BCUT2D eigenvalue weighted by atomic mass is 35.5. The normalized spacial score (nSPS) is 18.5. The van der Waals surface area contributed by atoms with E-state index in [4.69, 9.17) is 21.1 Å². The Labute approximate surface area is 290 Å². The third kappa shape index (κ3) is 7.56. The lowest BCUT2D eigenvalue weighted by Crippen LogP contribution is -2.75. The smallest absolute Gasteiger partial charge is 0.356 e. The van der Waals surface area contributed by atoms with E-state index in [1.54, 1.807) is 18.3 Å². The zero-order chi connectivity index (χ0) is 34.5. The number of rotatable bonds is 12. The van der Waals surface area contributed by atoms with Crippen molar-refractivity contribution in [1.29, 1.82) is 0 Å². The molecule has 4 aromatic rings. The van der Waals surface area contributed by atoms with E-state index in [9.17, 15) is 23.7 Å². The molecule has 0 aliphatic carbocycles. The van der Waals surface area contributed by atoms with E-state index in [1.165, 1.54) is 6.92 Å². The van der Waals surface area contributed by atoms with Gasteiger partial charge in [-0.3, -0.25) is 24.3 Å². The number of anilines is 1. The number of β-lactam (4-membered cyclic amide) rings is 1. The number of fused-ring (bicyclic) bond motifs is 2. The topological polar surface area (TPSA) is 150 Å². The van der Waals surface area contributed by atoms with Crippen LogP contribution in [0.25, 0.3) is 10.9 Å². The second-order valence-electron chi connectivity index (χ2n) is 11.6. The minimum Gasteiger partial charge on any atom is -0.614 e. The molecule has 0 radical (unpaired) electrons. The van der Waals surface area contributed by atoms with Crippen LogP contribution in [0.3, 0.4) is 0 Å². The number of pyridine rings is 1. The van der Waals surface area contributed by atoms with Crippen molar-refractivity contribution in [3.63, 3.8) is 0 Å². The monoisotopic (exact) mass is 700 g/mol. The number of ether oxygens (including phenoxy) is 2. The molecule has 0 saturated carbocycles. The summed E-state index contributed by atoms with van der Waals surface area (Å²) in [6, 6.07) is 24.4. The summed E-state index contributed by atoms with van der Waals surface area (Å²) in [6.45, 7) is 1.35. The Balaban J connectivity index is 1.14. The van der Waals surface area contributed by atoms with Crippen molar-refractivity contribution < 1.29 is 33.2 Å². The Morgan fingerprint density at radius 3 is 2.41 bits per heavy atom. The molecule has 3 aromatic carbocycles. The Hall–Kier alpha value is -4.91. The first-order valence-electron chi connectivity index (χ1n) is 15.7. The second-order valence-corrected chi connectivity index (χ2v) is 13.5. The van der Waals surface area contributed by atoms with E-state index in [2.05, 4.69) is 15.6 Å². The van der Waals surface area contributed by atoms with Gasteiger partial charge in [-0.2, -0.15) is 0 Å². The first-order chi connectivity index (χ1) is 23.7. The van der Waals surface area contributed by atoms with Gasteiger partial charge in [0.05, 0.1) is 5.52 Å².